The van der Waals surface area contributed by atoms with Crippen LogP contribution in [0, 0.1) is 0 Å². The van der Waals surface area contributed by atoms with Crippen molar-refractivity contribution in [2.75, 3.05) is 11.5 Å². The van der Waals surface area contributed by atoms with E-state index in [2.05, 4.69) is 30.6 Å². The second-order valence-electron chi connectivity index (χ2n) is 10.4. The second kappa shape index (κ2) is 20.8. The summed E-state index contributed by atoms with van der Waals surface area (Å²) in [5.74, 6) is 2.68. The molecule has 14 heteroatoms. The smallest absolute Gasteiger partial charge is 0.872 e. The fraction of sp³-hybridized carbons (Fsp3) is 0.143. The monoisotopic (exact) mass is 736 g/mol. The summed E-state index contributed by atoms with van der Waals surface area (Å²) in [6.07, 6.45) is 5.06. The van der Waals surface area contributed by atoms with Crippen LogP contribution in [0.1, 0.15) is 40.3 Å². The van der Waals surface area contributed by atoms with E-state index in [4.69, 9.17) is 0 Å². The molecule has 10 nitrogen and oxygen atoms in total. The van der Waals surface area contributed by atoms with E-state index in [1.165, 1.54) is 12.1 Å². The van der Waals surface area contributed by atoms with Crippen LogP contribution in [0.5, 0.6) is 11.5 Å². The minimum atomic E-state index is -0.0958. The molecular weight excluding hydrogens is 707 g/mol. The van der Waals surface area contributed by atoms with Crippen LogP contribution in [0.25, 0.3) is 0 Å². The van der Waals surface area contributed by atoms with Crippen molar-refractivity contribution in [1.82, 2.24) is 29.7 Å². The second-order valence-corrected chi connectivity index (χ2v) is 12.5. The summed E-state index contributed by atoms with van der Waals surface area (Å²) in [6.45, 7) is 0. The molecule has 0 saturated carbocycles. The van der Waals surface area contributed by atoms with E-state index in [-0.39, 0.29) is 114 Å². The molecule has 0 amide bonds. The molecule has 0 N–H and O–H groups in total. The molecule has 0 radical (unpaired) electrons. The van der Waals surface area contributed by atoms with Gasteiger partial charge in [0, 0.05) is 24.3 Å². The van der Waals surface area contributed by atoms with Gasteiger partial charge in [-0.3, -0.25) is 0 Å². The summed E-state index contributed by atoms with van der Waals surface area (Å²) < 4.78 is 3.43. The average Bonchev–Trinajstić information content (AvgIpc) is 3.67. The molecule has 6 aromatic rings. The molecule has 2 heterocycles. The number of para-hydroxylation sites is 2. The van der Waals surface area contributed by atoms with Crippen LogP contribution < -0.4 is 113 Å². The third kappa shape index (κ3) is 11.5. The molecule has 0 aliphatic rings. The van der Waals surface area contributed by atoms with Crippen molar-refractivity contribution in [2.24, 2.45) is 10.2 Å². The molecule has 0 bridgehead atoms. The fourth-order valence-electron chi connectivity index (χ4n) is 4.58. The summed E-state index contributed by atoms with van der Waals surface area (Å²) >= 11 is 3.10. The van der Waals surface area contributed by atoms with Gasteiger partial charge in [0.05, 0.1) is 12.4 Å². The Morgan fingerprint density at radius 1 is 0.531 bits per heavy atom. The van der Waals surface area contributed by atoms with E-state index < -0.39 is 0 Å². The van der Waals surface area contributed by atoms with E-state index in [0.29, 0.717) is 45.9 Å². The summed E-state index contributed by atoms with van der Waals surface area (Å²) in [5.41, 5.74) is 3.17. The van der Waals surface area contributed by atoms with Crippen molar-refractivity contribution in [1.29, 1.82) is 0 Å². The Morgan fingerprint density at radius 2 is 0.918 bits per heavy atom. The van der Waals surface area contributed by atoms with E-state index in [0.717, 1.165) is 29.1 Å². The zero-order valence-electron chi connectivity index (χ0n) is 27.3. The van der Waals surface area contributed by atoms with Crippen molar-refractivity contribution < 1.29 is 113 Å². The Morgan fingerprint density at radius 3 is 1.33 bits per heavy atom. The first kappa shape index (κ1) is 39.9. The zero-order chi connectivity index (χ0) is 32.3. The minimum absolute atomic E-state index is 0. The van der Waals surface area contributed by atoms with Crippen LogP contribution >= 0.6 is 23.5 Å². The van der Waals surface area contributed by atoms with Gasteiger partial charge in [-0.15, -0.1) is 20.4 Å². The van der Waals surface area contributed by atoms with Gasteiger partial charge in [-0.2, -0.15) is 19.6 Å². The predicted molar refractivity (Wildman–Crippen MR) is 182 cm³/mol. The van der Waals surface area contributed by atoms with Crippen molar-refractivity contribution in [3.8, 4) is 11.5 Å². The molecule has 0 aliphatic heterocycles. The Kier molecular flexibility index (Phi) is 16.9. The number of hydrogen-bond donors (Lipinski definition) is 0. The zero-order valence-corrected chi connectivity index (χ0v) is 35.2. The maximum Gasteiger partial charge on any atom is 1.00 e. The molecule has 49 heavy (non-hydrogen) atoms. The van der Waals surface area contributed by atoms with Crippen LogP contribution in [-0.4, -0.2) is 53.7 Å². The van der Waals surface area contributed by atoms with Gasteiger partial charge < -0.3 is 10.2 Å². The Hall–Kier alpha value is -1.93. The van der Waals surface area contributed by atoms with Gasteiger partial charge in [0.2, 0.25) is 10.3 Å². The predicted octanol–water partition coefficient (Wildman–Crippen LogP) is -0.755. The number of nitrogens with zero attached hydrogens (tertiary/aromatic N) is 8. The van der Waals surface area contributed by atoms with Gasteiger partial charge in [0.1, 0.15) is 0 Å². The number of aromatic nitrogens is 6. The van der Waals surface area contributed by atoms with E-state index >= 15 is 0 Å². The number of rotatable bonds is 14. The molecule has 236 valence electrons. The molecule has 4 aromatic carbocycles. The molecule has 0 atom stereocenters. The van der Waals surface area contributed by atoms with E-state index in [1.54, 1.807) is 69.6 Å². The molecule has 0 unspecified atom stereocenters. The number of hydrogen-bond acceptors (Lipinski definition) is 10. The Labute approximate surface area is 378 Å². The first-order valence-electron chi connectivity index (χ1n) is 15.0. The standard InChI is InChI=1S/C35H32N8O2S2.2K/c44-30-18-9-7-16-28(30)24-36-42-32(22-26-12-3-1-4-13-26)38-40-34(42)46-20-11-21-47-35-41-39-33(23-27-14-5-2-6-15-27)43(35)37-25-29-17-8-10-19-31(29)45;;/h1-10,12-19,24-25,44-45H,11,20-23H2;;/q;2*+1/p-2/b36-24-,37-25-;;. The minimum Gasteiger partial charge on any atom is -0.872 e. The van der Waals surface area contributed by atoms with E-state index in [9.17, 15) is 10.2 Å². The van der Waals surface area contributed by atoms with Crippen LogP contribution in [0.2, 0.25) is 0 Å². The molecule has 2 aromatic heterocycles. The normalized spacial score (nSPS) is 11.1. The topological polar surface area (TPSA) is 132 Å². The first-order chi connectivity index (χ1) is 23.1. The van der Waals surface area contributed by atoms with E-state index in [1.807, 2.05) is 72.8 Å². The number of benzene rings is 4. The van der Waals surface area contributed by atoms with Crippen molar-refractivity contribution >= 4 is 36.0 Å². The molecule has 0 aliphatic carbocycles. The maximum atomic E-state index is 12.3. The molecule has 0 spiro atoms. The van der Waals surface area contributed by atoms with Gasteiger partial charge in [-0.1, -0.05) is 144 Å². The first-order valence-corrected chi connectivity index (χ1v) is 16.9. The number of thioether (sulfide) groups is 2. The van der Waals surface area contributed by atoms with Crippen molar-refractivity contribution in [3.63, 3.8) is 0 Å². The summed E-state index contributed by atoms with van der Waals surface area (Å²) in [7, 11) is 0. The third-order valence-corrected chi connectivity index (χ3v) is 8.99. The third-order valence-electron chi connectivity index (χ3n) is 6.98. The quantitative estimate of drug-likeness (QED) is 0.0618. The average molecular weight is 737 g/mol. The molecule has 0 saturated heterocycles. The maximum absolute atomic E-state index is 12.3. The Balaban J connectivity index is 0.00000270. The Bertz CT molecular complexity index is 1830. The largest absolute Gasteiger partial charge is 1.00 e. The van der Waals surface area contributed by atoms with Crippen LogP contribution in [-0.2, 0) is 12.8 Å². The van der Waals surface area contributed by atoms with Gasteiger partial charge in [-0.25, -0.2) is 0 Å². The van der Waals surface area contributed by atoms with Gasteiger partial charge >= 0.3 is 103 Å². The van der Waals surface area contributed by atoms with Crippen molar-refractivity contribution in [3.05, 3.63) is 143 Å². The van der Waals surface area contributed by atoms with Crippen LogP contribution in [0.3, 0.4) is 0 Å². The fourth-order valence-corrected chi connectivity index (χ4v) is 6.45. The van der Waals surface area contributed by atoms with Gasteiger partial charge in [0.15, 0.2) is 11.6 Å². The van der Waals surface area contributed by atoms with Gasteiger partial charge in [0.25, 0.3) is 0 Å². The molecular formula is C35H30K2N8O2S2. The summed E-state index contributed by atoms with van der Waals surface area (Å²) in [5, 5.41) is 52.8. The SMILES string of the molecule is [K+].[K+].[O-]c1ccccc1/C=N\n1c(Cc2ccccc2)nnc1SCCCSc1nnc(Cc2ccccc2)n1/N=C\c1ccccc1[O-]. The van der Waals surface area contributed by atoms with Crippen LogP contribution in [0.15, 0.2) is 130 Å². The summed E-state index contributed by atoms with van der Waals surface area (Å²) in [4.78, 5) is 0. The van der Waals surface area contributed by atoms with Gasteiger partial charge in [-0.05, 0) is 28.7 Å². The molecule has 0 fully saturated rings. The van der Waals surface area contributed by atoms with Crippen LogP contribution in [0.4, 0.5) is 0 Å². The van der Waals surface area contributed by atoms with Crippen molar-refractivity contribution in [2.45, 2.75) is 29.6 Å². The summed E-state index contributed by atoms with van der Waals surface area (Å²) in [6, 6.07) is 33.6. The molecule has 6 rings (SSSR count).